The van der Waals surface area contributed by atoms with Gasteiger partial charge in [0.15, 0.2) is 6.61 Å². The molecule has 0 saturated carbocycles. The second-order valence-corrected chi connectivity index (χ2v) is 6.09. The van der Waals surface area contributed by atoms with Gasteiger partial charge in [0, 0.05) is 15.4 Å². The minimum absolute atomic E-state index is 0.0448. The summed E-state index contributed by atoms with van der Waals surface area (Å²) in [5, 5.41) is 2.65. The number of esters is 1. The lowest BCUT2D eigenvalue weighted by molar-refractivity contribution is -0.146. The molecule has 1 aromatic carbocycles. The second-order valence-electron chi connectivity index (χ2n) is 4.13. The monoisotopic (exact) mass is 345 g/mol. The van der Waals surface area contributed by atoms with Crippen LogP contribution in [0.15, 0.2) is 33.6 Å². The van der Waals surface area contributed by atoms with Crippen LogP contribution in [0.2, 0.25) is 0 Å². The van der Waals surface area contributed by atoms with Gasteiger partial charge in [0.05, 0.1) is 5.75 Å². The quantitative estimate of drug-likeness (QED) is 0.636. The van der Waals surface area contributed by atoms with Crippen LogP contribution in [0.25, 0.3) is 0 Å². The van der Waals surface area contributed by atoms with Crippen molar-refractivity contribution in [1.29, 1.82) is 0 Å². The molecule has 0 heterocycles. The SMILES string of the molecule is CC(C)NC(=O)COC(=O)CSc1ccc(Br)cc1. The molecule has 0 atom stereocenters. The van der Waals surface area contributed by atoms with Crippen LogP contribution in [-0.4, -0.2) is 30.3 Å². The third-order valence-electron chi connectivity index (χ3n) is 1.98. The fourth-order valence-electron chi connectivity index (χ4n) is 1.22. The van der Waals surface area contributed by atoms with Crippen LogP contribution in [0.4, 0.5) is 0 Å². The van der Waals surface area contributed by atoms with E-state index in [1.165, 1.54) is 11.8 Å². The molecule has 19 heavy (non-hydrogen) atoms. The summed E-state index contributed by atoms with van der Waals surface area (Å²) >= 11 is 4.72. The van der Waals surface area contributed by atoms with Gasteiger partial charge >= 0.3 is 5.97 Å². The van der Waals surface area contributed by atoms with Crippen LogP contribution in [0.3, 0.4) is 0 Å². The molecule has 1 N–H and O–H groups in total. The summed E-state index contributed by atoms with van der Waals surface area (Å²) in [6, 6.07) is 7.68. The summed E-state index contributed by atoms with van der Waals surface area (Å²) in [5.74, 6) is -0.486. The minimum Gasteiger partial charge on any atom is -0.455 e. The fraction of sp³-hybridized carbons (Fsp3) is 0.385. The lowest BCUT2D eigenvalue weighted by atomic mass is 10.4. The van der Waals surface area contributed by atoms with Gasteiger partial charge in [-0.2, -0.15) is 0 Å². The fourth-order valence-corrected chi connectivity index (χ4v) is 2.19. The molecule has 0 unspecified atom stereocenters. The molecular weight excluding hydrogens is 330 g/mol. The molecule has 4 nitrogen and oxygen atoms in total. The molecule has 1 amide bonds. The molecule has 0 saturated heterocycles. The van der Waals surface area contributed by atoms with E-state index in [1.807, 2.05) is 38.1 Å². The van der Waals surface area contributed by atoms with Gasteiger partial charge in [-0.05, 0) is 38.1 Å². The van der Waals surface area contributed by atoms with E-state index < -0.39 is 5.97 Å². The maximum atomic E-state index is 11.4. The zero-order valence-electron chi connectivity index (χ0n) is 10.8. The number of nitrogens with one attached hydrogen (secondary N) is 1. The molecule has 0 aliphatic carbocycles. The molecule has 0 aliphatic heterocycles. The first-order valence-electron chi connectivity index (χ1n) is 5.80. The predicted molar refractivity (Wildman–Crippen MR) is 79.1 cm³/mol. The van der Waals surface area contributed by atoms with E-state index in [2.05, 4.69) is 21.2 Å². The first-order valence-corrected chi connectivity index (χ1v) is 7.58. The number of rotatable bonds is 6. The molecule has 0 bridgehead atoms. The highest BCUT2D eigenvalue weighted by atomic mass is 79.9. The van der Waals surface area contributed by atoms with Crippen LogP contribution < -0.4 is 5.32 Å². The number of carbonyl (C=O) groups is 2. The van der Waals surface area contributed by atoms with Crippen LogP contribution in [0, 0.1) is 0 Å². The largest absolute Gasteiger partial charge is 0.455 e. The Bertz CT molecular complexity index is 434. The summed E-state index contributed by atoms with van der Waals surface area (Å²) < 4.78 is 5.86. The van der Waals surface area contributed by atoms with E-state index in [4.69, 9.17) is 4.74 Å². The van der Waals surface area contributed by atoms with Gasteiger partial charge in [-0.25, -0.2) is 0 Å². The van der Waals surface area contributed by atoms with E-state index >= 15 is 0 Å². The van der Waals surface area contributed by atoms with Crippen LogP contribution in [0.1, 0.15) is 13.8 Å². The van der Waals surface area contributed by atoms with E-state index in [-0.39, 0.29) is 24.3 Å². The predicted octanol–water partition coefficient (Wildman–Crippen LogP) is 2.61. The minimum atomic E-state index is -0.396. The van der Waals surface area contributed by atoms with E-state index in [0.717, 1.165) is 9.37 Å². The number of amides is 1. The van der Waals surface area contributed by atoms with Crippen molar-refractivity contribution in [3.63, 3.8) is 0 Å². The van der Waals surface area contributed by atoms with Crippen molar-refractivity contribution < 1.29 is 14.3 Å². The summed E-state index contributed by atoms with van der Waals surface area (Å²) in [6.45, 7) is 3.48. The first-order chi connectivity index (χ1) is 8.97. The second kappa shape index (κ2) is 8.22. The number of hydrogen-bond donors (Lipinski definition) is 1. The zero-order chi connectivity index (χ0) is 14.3. The summed E-state index contributed by atoms with van der Waals surface area (Å²) in [5.41, 5.74) is 0. The Hall–Kier alpha value is -1.01. The number of halogens is 1. The van der Waals surface area contributed by atoms with Crippen molar-refractivity contribution in [2.24, 2.45) is 0 Å². The lowest BCUT2D eigenvalue weighted by Gasteiger charge is -2.08. The van der Waals surface area contributed by atoms with E-state index in [9.17, 15) is 9.59 Å². The third kappa shape index (κ3) is 7.22. The van der Waals surface area contributed by atoms with Crippen molar-refractivity contribution in [1.82, 2.24) is 5.32 Å². The number of carbonyl (C=O) groups excluding carboxylic acids is 2. The van der Waals surface area contributed by atoms with Crippen molar-refractivity contribution >= 4 is 39.6 Å². The lowest BCUT2D eigenvalue weighted by Crippen LogP contribution is -2.34. The zero-order valence-corrected chi connectivity index (χ0v) is 13.2. The van der Waals surface area contributed by atoms with Crippen molar-refractivity contribution in [2.75, 3.05) is 12.4 Å². The average Bonchev–Trinajstić information content (AvgIpc) is 2.35. The molecule has 0 aromatic heterocycles. The van der Waals surface area contributed by atoms with Gasteiger partial charge in [-0.1, -0.05) is 15.9 Å². The summed E-state index contributed by atoms with van der Waals surface area (Å²) in [4.78, 5) is 23.7. The molecule has 1 rings (SSSR count). The Morgan fingerprint density at radius 2 is 1.95 bits per heavy atom. The Balaban J connectivity index is 2.24. The van der Waals surface area contributed by atoms with Gasteiger partial charge in [-0.3, -0.25) is 9.59 Å². The summed E-state index contributed by atoms with van der Waals surface area (Å²) in [6.07, 6.45) is 0. The standard InChI is InChI=1S/C13H16BrNO3S/c1-9(2)15-12(16)7-18-13(17)8-19-11-5-3-10(14)4-6-11/h3-6,9H,7-8H2,1-2H3,(H,15,16). The van der Waals surface area contributed by atoms with Crippen LogP contribution >= 0.6 is 27.7 Å². The third-order valence-corrected chi connectivity index (χ3v) is 3.50. The molecule has 1 aromatic rings. The Kier molecular flexibility index (Phi) is 6.94. The number of thioether (sulfide) groups is 1. The average molecular weight is 346 g/mol. The number of benzene rings is 1. The van der Waals surface area contributed by atoms with Gasteiger partial charge in [-0.15, -0.1) is 11.8 Å². The molecule has 0 spiro atoms. The Morgan fingerprint density at radius 3 is 2.53 bits per heavy atom. The van der Waals surface area contributed by atoms with E-state index in [1.54, 1.807) is 0 Å². The van der Waals surface area contributed by atoms with Crippen LogP contribution in [-0.2, 0) is 14.3 Å². The first kappa shape index (κ1) is 16.0. The van der Waals surface area contributed by atoms with Gasteiger partial charge in [0.25, 0.3) is 5.91 Å². The summed E-state index contributed by atoms with van der Waals surface area (Å²) in [7, 11) is 0. The van der Waals surface area contributed by atoms with Gasteiger partial charge in [0.1, 0.15) is 0 Å². The molecule has 0 aliphatic rings. The van der Waals surface area contributed by atoms with E-state index in [0.29, 0.717) is 0 Å². The maximum Gasteiger partial charge on any atom is 0.316 e. The maximum absolute atomic E-state index is 11.4. The highest BCUT2D eigenvalue weighted by Gasteiger charge is 2.08. The molecule has 0 fully saturated rings. The smallest absolute Gasteiger partial charge is 0.316 e. The van der Waals surface area contributed by atoms with Crippen molar-refractivity contribution in [3.05, 3.63) is 28.7 Å². The van der Waals surface area contributed by atoms with Gasteiger partial charge in [0.2, 0.25) is 0 Å². The van der Waals surface area contributed by atoms with Gasteiger partial charge < -0.3 is 10.1 Å². The van der Waals surface area contributed by atoms with Crippen LogP contribution in [0.5, 0.6) is 0 Å². The number of hydrogen-bond acceptors (Lipinski definition) is 4. The van der Waals surface area contributed by atoms with Crippen molar-refractivity contribution in [3.8, 4) is 0 Å². The Labute approximate surface area is 125 Å². The highest BCUT2D eigenvalue weighted by Crippen LogP contribution is 2.20. The van der Waals surface area contributed by atoms with Crippen molar-refractivity contribution in [2.45, 2.75) is 24.8 Å². The molecule has 6 heteroatoms. The molecular formula is C13H16BrNO3S. The Morgan fingerprint density at radius 1 is 1.32 bits per heavy atom. The highest BCUT2D eigenvalue weighted by molar-refractivity contribution is 9.10. The molecule has 0 radical (unpaired) electrons. The molecule has 104 valence electrons. The topological polar surface area (TPSA) is 55.4 Å². The normalized spacial score (nSPS) is 10.3. The number of ether oxygens (including phenoxy) is 1.